The number of rotatable bonds is 8. The molecule has 0 radical (unpaired) electrons. The predicted octanol–water partition coefficient (Wildman–Crippen LogP) is 1.40. The number of aryl methyl sites for hydroxylation is 1. The first kappa shape index (κ1) is 28.0. The summed E-state index contributed by atoms with van der Waals surface area (Å²) in [6.45, 7) is 2.09. The number of aliphatic carboxylic acids is 1. The molecule has 2 atom stereocenters. The van der Waals surface area contributed by atoms with E-state index in [0.717, 1.165) is 41.9 Å². The van der Waals surface area contributed by atoms with Crippen molar-refractivity contribution in [3.05, 3.63) is 45.4 Å². The molecule has 14 nitrogen and oxygen atoms in total. The van der Waals surface area contributed by atoms with Gasteiger partial charge in [0.2, 0.25) is 5.91 Å². The predicted molar refractivity (Wildman–Crippen MR) is 152 cm³/mol. The standard InChI is InChI=1S/C26H27N7O7S2/c1-11-8-15(31-39-11)17(13-6-7-28-21(13)34)14-9-41-24-19(23(36)33(24)20(14)25(37)38)30-22(35)18(16-10-42-26(27)29-16)32-40-12-4-2-3-5-12/h8,10,12,19,24H,2-7,9H2,1H3,(H2,27,29)(H,28,34)(H,30,35)(H,37,38)/t19-,24-/m1/s1. The zero-order valence-electron chi connectivity index (χ0n) is 22.4. The number of carboxylic acids is 1. The minimum Gasteiger partial charge on any atom is -0.477 e. The number of nitrogens with zero attached hydrogens (tertiary/aromatic N) is 4. The SMILES string of the molecule is Cc1cc(C(=C2CCNC2=O)C2=C(C(=O)O)N3C(=O)[C@@H](NC(=O)C(=NOC4CCCC4)c4csc(N)n4)[C@H]3SC2)no1. The third-order valence-corrected chi connectivity index (χ3v) is 9.41. The van der Waals surface area contributed by atoms with Crippen molar-refractivity contribution in [2.75, 3.05) is 18.0 Å². The first-order chi connectivity index (χ1) is 20.2. The molecular formula is C26H27N7O7S2. The van der Waals surface area contributed by atoms with Crippen molar-refractivity contribution < 1.29 is 33.6 Å². The number of carbonyl (C=O) groups is 4. The van der Waals surface area contributed by atoms with Crippen LogP contribution in [0.5, 0.6) is 0 Å². The lowest BCUT2D eigenvalue weighted by Crippen LogP contribution is -2.71. The number of carboxylic acid groups (broad SMARTS) is 1. The molecule has 2 saturated heterocycles. The number of thioether (sulfide) groups is 1. The Morgan fingerprint density at radius 1 is 1.29 bits per heavy atom. The number of hydrogen-bond acceptors (Lipinski definition) is 12. The molecule has 3 fully saturated rings. The number of amides is 3. The van der Waals surface area contributed by atoms with E-state index in [1.54, 1.807) is 18.4 Å². The minimum absolute atomic E-state index is 0.112. The molecule has 0 aromatic carbocycles. The number of aromatic nitrogens is 2. The van der Waals surface area contributed by atoms with E-state index in [0.29, 0.717) is 35.6 Å². The average Bonchev–Trinajstić information content (AvgIpc) is 3.78. The van der Waals surface area contributed by atoms with Crippen LogP contribution in [0.15, 0.2) is 38.0 Å². The van der Waals surface area contributed by atoms with Crippen molar-refractivity contribution >= 4 is 63.2 Å². The molecule has 1 aliphatic carbocycles. The van der Waals surface area contributed by atoms with Gasteiger partial charge in [0.15, 0.2) is 10.8 Å². The van der Waals surface area contributed by atoms with Gasteiger partial charge in [0.1, 0.15) is 40.4 Å². The van der Waals surface area contributed by atoms with E-state index in [1.165, 1.54) is 11.8 Å². The highest BCUT2D eigenvalue weighted by atomic mass is 32.2. The molecule has 16 heteroatoms. The lowest BCUT2D eigenvalue weighted by atomic mass is 9.92. The molecule has 0 spiro atoms. The van der Waals surface area contributed by atoms with E-state index < -0.39 is 29.2 Å². The maximum Gasteiger partial charge on any atom is 0.352 e. The van der Waals surface area contributed by atoms with E-state index in [-0.39, 0.29) is 45.6 Å². The van der Waals surface area contributed by atoms with Crippen LogP contribution >= 0.6 is 23.1 Å². The summed E-state index contributed by atoms with van der Waals surface area (Å²) in [5, 5.41) is 25.0. The Hall–Kier alpha value is -4.18. The zero-order chi connectivity index (χ0) is 29.5. The Bertz CT molecular complexity index is 1570. The van der Waals surface area contributed by atoms with Crippen LogP contribution in [0.3, 0.4) is 0 Å². The number of fused-ring (bicyclic) bond motifs is 1. The van der Waals surface area contributed by atoms with Crippen LogP contribution in [-0.4, -0.2) is 79.4 Å². The monoisotopic (exact) mass is 613 g/mol. The summed E-state index contributed by atoms with van der Waals surface area (Å²) in [7, 11) is 0. The van der Waals surface area contributed by atoms with Crippen molar-refractivity contribution in [2.24, 2.45) is 5.16 Å². The quantitative estimate of drug-likeness (QED) is 0.145. The number of carbonyl (C=O) groups excluding carboxylic acids is 3. The van der Waals surface area contributed by atoms with Gasteiger partial charge in [-0.05, 0) is 39.0 Å². The molecule has 5 N–H and O–H groups in total. The van der Waals surface area contributed by atoms with Crippen LogP contribution in [0.25, 0.3) is 5.57 Å². The van der Waals surface area contributed by atoms with E-state index >= 15 is 0 Å². The number of anilines is 1. The van der Waals surface area contributed by atoms with Crippen LogP contribution in [0.4, 0.5) is 5.13 Å². The Morgan fingerprint density at radius 3 is 2.69 bits per heavy atom. The molecule has 2 aromatic rings. The Kier molecular flexibility index (Phi) is 7.49. The van der Waals surface area contributed by atoms with Crippen LogP contribution in [-0.2, 0) is 24.0 Å². The van der Waals surface area contributed by atoms with Gasteiger partial charge in [0.05, 0.1) is 0 Å². The van der Waals surface area contributed by atoms with Crippen molar-refractivity contribution in [2.45, 2.75) is 56.5 Å². The lowest BCUT2D eigenvalue weighted by molar-refractivity contribution is -0.150. The maximum atomic E-state index is 13.4. The zero-order valence-corrected chi connectivity index (χ0v) is 24.0. The van der Waals surface area contributed by atoms with Crippen molar-refractivity contribution in [1.82, 2.24) is 25.7 Å². The number of nitrogen functional groups attached to an aromatic ring is 1. The van der Waals surface area contributed by atoms with E-state index in [4.69, 9.17) is 15.1 Å². The van der Waals surface area contributed by atoms with Crippen molar-refractivity contribution in [3.8, 4) is 0 Å². The molecule has 2 aromatic heterocycles. The fourth-order valence-electron chi connectivity index (χ4n) is 5.48. The summed E-state index contributed by atoms with van der Waals surface area (Å²) in [6, 6.07) is 0.601. The molecule has 3 aliphatic heterocycles. The fraction of sp³-hybridized carbons (Fsp3) is 0.423. The second-order valence-electron chi connectivity index (χ2n) is 10.2. The van der Waals surface area contributed by atoms with Crippen LogP contribution in [0.1, 0.15) is 49.3 Å². The Labute approximate surface area is 247 Å². The molecule has 220 valence electrons. The molecule has 5 heterocycles. The third kappa shape index (κ3) is 5.04. The number of nitrogens with one attached hydrogen (secondary N) is 2. The summed E-state index contributed by atoms with van der Waals surface area (Å²) in [5.41, 5.74) is 6.93. The van der Waals surface area contributed by atoms with Gasteiger partial charge < -0.3 is 30.8 Å². The van der Waals surface area contributed by atoms with Crippen molar-refractivity contribution in [1.29, 1.82) is 0 Å². The van der Waals surface area contributed by atoms with Gasteiger partial charge in [-0.25, -0.2) is 9.78 Å². The van der Waals surface area contributed by atoms with Gasteiger partial charge in [-0.1, -0.05) is 10.3 Å². The molecule has 3 amide bonds. The Morgan fingerprint density at radius 2 is 2.07 bits per heavy atom. The number of allylic oxidation sites excluding steroid dienone is 1. The number of oxime groups is 1. The summed E-state index contributed by atoms with van der Waals surface area (Å²) in [6.07, 6.45) is 3.93. The maximum absolute atomic E-state index is 13.4. The molecule has 6 rings (SSSR count). The summed E-state index contributed by atoms with van der Waals surface area (Å²) in [4.78, 5) is 63.0. The van der Waals surface area contributed by atoms with Gasteiger partial charge in [-0.15, -0.1) is 23.1 Å². The average molecular weight is 614 g/mol. The molecule has 4 aliphatic rings. The second kappa shape index (κ2) is 11.2. The number of nitrogens with two attached hydrogens (primary N) is 1. The van der Waals surface area contributed by atoms with Crippen LogP contribution < -0.4 is 16.4 Å². The van der Waals surface area contributed by atoms with E-state index in [2.05, 4.69) is 25.9 Å². The fourth-order valence-corrected chi connectivity index (χ4v) is 7.38. The summed E-state index contributed by atoms with van der Waals surface area (Å²) < 4.78 is 5.23. The molecule has 42 heavy (non-hydrogen) atoms. The topological polar surface area (TPSA) is 202 Å². The lowest BCUT2D eigenvalue weighted by Gasteiger charge is -2.49. The molecule has 1 saturated carbocycles. The largest absolute Gasteiger partial charge is 0.477 e. The minimum atomic E-state index is -1.34. The molecule has 0 unspecified atom stereocenters. The highest BCUT2D eigenvalue weighted by molar-refractivity contribution is 8.00. The molecule has 0 bridgehead atoms. The smallest absolute Gasteiger partial charge is 0.352 e. The third-order valence-electron chi connectivity index (χ3n) is 7.45. The van der Waals surface area contributed by atoms with Crippen LogP contribution in [0.2, 0.25) is 0 Å². The highest BCUT2D eigenvalue weighted by Crippen LogP contribution is 2.45. The number of thiazole rings is 1. The van der Waals surface area contributed by atoms with Gasteiger partial charge in [0, 0.05) is 40.5 Å². The normalized spacial score (nSPS) is 23.9. The summed E-state index contributed by atoms with van der Waals surface area (Å²) in [5.74, 6) is -2.33. The van der Waals surface area contributed by atoms with E-state index in [1.807, 2.05) is 0 Å². The van der Waals surface area contributed by atoms with Gasteiger partial charge in [-0.2, -0.15) is 0 Å². The van der Waals surface area contributed by atoms with Gasteiger partial charge in [-0.3, -0.25) is 19.3 Å². The first-order valence-corrected chi connectivity index (χ1v) is 15.3. The second-order valence-corrected chi connectivity index (χ2v) is 12.2. The number of hydrogen-bond donors (Lipinski definition) is 4. The van der Waals surface area contributed by atoms with Gasteiger partial charge in [0.25, 0.3) is 11.8 Å². The summed E-state index contributed by atoms with van der Waals surface area (Å²) >= 11 is 2.41. The highest BCUT2D eigenvalue weighted by Gasteiger charge is 2.55. The van der Waals surface area contributed by atoms with Crippen molar-refractivity contribution in [3.63, 3.8) is 0 Å². The van der Waals surface area contributed by atoms with Gasteiger partial charge >= 0.3 is 5.97 Å². The molecular weight excluding hydrogens is 586 g/mol. The van der Waals surface area contributed by atoms with E-state index in [9.17, 15) is 24.3 Å². The number of β-lactam (4-membered cyclic amide) rings is 1. The Balaban J connectivity index is 1.29. The first-order valence-electron chi connectivity index (χ1n) is 13.4. The van der Waals surface area contributed by atoms with Crippen LogP contribution in [0, 0.1) is 6.92 Å².